The van der Waals surface area contributed by atoms with E-state index in [1.165, 1.54) is 6.07 Å². The molecule has 1 aromatic carbocycles. The SMILES string of the molecule is CCNc1cc(OCc2ccccc2F)nc(COC)n1. The van der Waals surface area contributed by atoms with Gasteiger partial charge in [0.05, 0.1) is 0 Å². The number of hydrogen-bond donors (Lipinski definition) is 1. The maximum atomic E-state index is 13.5. The lowest BCUT2D eigenvalue weighted by molar-refractivity contribution is 0.176. The van der Waals surface area contributed by atoms with Gasteiger partial charge in [-0.3, -0.25) is 0 Å². The molecule has 112 valence electrons. The van der Waals surface area contributed by atoms with Crippen molar-refractivity contribution >= 4 is 5.82 Å². The summed E-state index contributed by atoms with van der Waals surface area (Å²) in [6.07, 6.45) is 0. The topological polar surface area (TPSA) is 56.3 Å². The molecule has 2 rings (SSSR count). The van der Waals surface area contributed by atoms with Crippen molar-refractivity contribution < 1.29 is 13.9 Å². The van der Waals surface area contributed by atoms with Crippen LogP contribution in [0, 0.1) is 5.82 Å². The molecule has 0 spiro atoms. The van der Waals surface area contributed by atoms with Crippen LogP contribution in [0.15, 0.2) is 30.3 Å². The second kappa shape index (κ2) is 7.54. The fourth-order valence-corrected chi connectivity index (χ4v) is 1.78. The summed E-state index contributed by atoms with van der Waals surface area (Å²) in [5.74, 6) is 1.26. The van der Waals surface area contributed by atoms with Crippen LogP contribution in [0.4, 0.5) is 10.2 Å². The Balaban J connectivity index is 2.13. The molecule has 6 heteroatoms. The predicted molar refractivity (Wildman–Crippen MR) is 77.6 cm³/mol. The molecule has 0 aliphatic heterocycles. The molecule has 1 heterocycles. The van der Waals surface area contributed by atoms with Crippen molar-refractivity contribution in [1.29, 1.82) is 0 Å². The van der Waals surface area contributed by atoms with Crippen molar-refractivity contribution in [2.45, 2.75) is 20.1 Å². The van der Waals surface area contributed by atoms with Crippen LogP contribution < -0.4 is 10.1 Å². The number of nitrogens with one attached hydrogen (secondary N) is 1. The normalized spacial score (nSPS) is 10.4. The largest absolute Gasteiger partial charge is 0.473 e. The first-order valence-electron chi connectivity index (χ1n) is 6.70. The Morgan fingerprint density at radius 2 is 2.00 bits per heavy atom. The van der Waals surface area contributed by atoms with E-state index in [0.29, 0.717) is 23.1 Å². The number of methoxy groups -OCH3 is 1. The zero-order chi connectivity index (χ0) is 15.1. The molecule has 1 aromatic heterocycles. The Morgan fingerprint density at radius 3 is 2.71 bits per heavy atom. The van der Waals surface area contributed by atoms with E-state index in [2.05, 4.69) is 15.3 Å². The standard InChI is InChI=1S/C15H18FN3O2/c1-3-17-13-8-15(19-14(18-13)10-20-2)21-9-11-6-4-5-7-12(11)16/h4-8H,3,9-10H2,1-2H3,(H,17,18,19). The zero-order valence-electron chi connectivity index (χ0n) is 12.1. The molecule has 21 heavy (non-hydrogen) atoms. The smallest absolute Gasteiger partial charge is 0.219 e. The average molecular weight is 291 g/mol. The highest BCUT2D eigenvalue weighted by Crippen LogP contribution is 2.16. The van der Waals surface area contributed by atoms with Gasteiger partial charge in [-0.15, -0.1) is 0 Å². The third-order valence-corrected chi connectivity index (χ3v) is 2.71. The molecule has 0 saturated carbocycles. The second-order valence-electron chi connectivity index (χ2n) is 4.35. The number of rotatable bonds is 7. The summed E-state index contributed by atoms with van der Waals surface area (Å²) in [4.78, 5) is 8.51. The third-order valence-electron chi connectivity index (χ3n) is 2.71. The first-order valence-corrected chi connectivity index (χ1v) is 6.70. The fourth-order valence-electron chi connectivity index (χ4n) is 1.78. The molecule has 0 bridgehead atoms. The van der Waals surface area contributed by atoms with Gasteiger partial charge in [-0.25, -0.2) is 9.37 Å². The van der Waals surface area contributed by atoms with Gasteiger partial charge in [0.1, 0.15) is 24.8 Å². The number of aromatic nitrogens is 2. The van der Waals surface area contributed by atoms with Gasteiger partial charge < -0.3 is 14.8 Å². The van der Waals surface area contributed by atoms with Crippen molar-refractivity contribution in [1.82, 2.24) is 9.97 Å². The highest BCUT2D eigenvalue weighted by molar-refractivity contribution is 5.38. The minimum absolute atomic E-state index is 0.113. The Hall–Kier alpha value is -2.21. The molecule has 0 radical (unpaired) electrons. The quantitative estimate of drug-likeness (QED) is 0.850. The first kappa shape index (κ1) is 15.2. The first-order chi connectivity index (χ1) is 10.2. The van der Waals surface area contributed by atoms with E-state index in [4.69, 9.17) is 9.47 Å². The van der Waals surface area contributed by atoms with Gasteiger partial charge in [0.2, 0.25) is 5.88 Å². The second-order valence-corrected chi connectivity index (χ2v) is 4.35. The molecular formula is C15H18FN3O2. The summed E-state index contributed by atoms with van der Waals surface area (Å²) in [6.45, 7) is 3.10. The van der Waals surface area contributed by atoms with Gasteiger partial charge in [-0.1, -0.05) is 18.2 Å². The van der Waals surface area contributed by atoms with E-state index in [-0.39, 0.29) is 19.0 Å². The van der Waals surface area contributed by atoms with Crippen LogP contribution in [-0.2, 0) is 18.0 Å². The number of nitrogens with zero attached hydrogens (tertiary/aromatic N) is 2. The van der Waals surface area contributed by atoms with Gasteiger partial charge in [0.25, 0.3) is 0 Å². The minimum atomic E-state index is -0.296. The van der Waals surface area contributed by atoms with E-state index >= 15 is 0 Å². The summed E-state index contributed by atoms with van der Waals surface area (Å²) >= 11 is 0. The Bertz CT molecular complexity index is 569. The maximum Gasteiger partial charge on any atom is 0.219 e. The van der Waals surface area contributed by atoms with Crippen LogP contribution in [0.25, 0.3) is 0 Å². The Kier molecular flexibility index (Phi) is 5.45. The van der Waals surface area contributed by atoms with Crippen molar-refractivity contribution in [2.24, 2.45) is 0 Å². The summed E-state index contributed by atoms with van der Waals surface area (Å²) in [7, 11) is 1.57. The van der Waals surface area contributed by atoms with Crippen LogP contribution in [0.5, 0.6) is 5.88 Å². The summed E-state index contributed by atoms with van der Waals surface area (Å²) in [5, 5.41) is 3.10. The summed E-state index contributed by atoms with van der Waals surface area (Å²) in [6, 6.07) is 8.17. The molecule has 2 aromatic rings. The molecular weight excluding hydrogens is 273 g/mol. The molecule has 0 amide bonds. The third kappa shape index (κ3) is 4.39. The molecule has 0 aliphatic rings. The molecule has 0 saturated heterocycles. The predicted octanol–water partition coefficient (Wildman–Crippen LogP) is 2.77. The van der Waals surface area contributed by atoms with E-state index in [1.54, 1.807) is 31.4 Å². The van der Waals surface area contributed by atoms with Crippen molar-refractivity contribution in [3.05, 3.63) is 47.5 Å². The Morgan fingerprint density at radius 1 is 1.19 bits per heavy atom. The van der Waals surface area contributed by atoms with Crippen molar-refractivity contribution in [2.75, 3.05) is 19.0 Å². The van der Waals surface area contributed by atoms with Gasteiger partial charge in [-0.2, -0.15) is 4.98 Å². The highest BCUT2D eigenvalue weighted by Gasteiger charge is 2.07. The number of halogens is 1. The average Bonchev–Trinajstić information content (AvgIpc) is 2.47. The summed E-state index contributed by atoms with van der Waals surface area (Å²) in [5.41, 5.74) is 0.481. The maximum absolute atomic E-state index is 13.5. The Labute approximate surface area is 123 Å². The van der Waals surface area contributed by atoms with Gasteiger partial charge in [0, 0.05) is 25.3 Å². The minimum Gasteiger partial charge on any atom is -0.473 e. The molecule has 1 N–H and O–H groups in total. The molecule has 0 fully saturated rings. The summed E-state index contributed by atoms with van der Waals surface area (Å²) < 4.78 is 24.1. The lowest BCUT2D eigenvalue weighted by atomic mass is 10.2. The zero-order valence-corrected chi connectivity index (χ0v) is 12.1. The lowest BCUT2D eigenvalue weighted by Crippen LogP contribution is -2.07. The number of anilines is 1. The van der Waals surface area contributed by atoms with Gasteiger partial charge >= 0.3 is 0 Å². The number of hydrogen-bond acceptors (Lipinski definition) is 5. The van der Waals surface area contributed by atoms with Gasteiger partial charge in [-0.05, 0) is 13.0 Å². The molecule has 0 unspecified atom stereocenters. The van der Waals surface area contributed by atoms with Crippen molar-refractivity contribution in [3.8, 4) is 5.88 Å². The van der Waals surface area contributed by atoms with E-state index < -0.39 is 0 Å². The van der Waals surface area contributed by atoms with Crippen LogP contribution in [0.3, 0.4) is 0 Å². The van der Waals surface area contributed by atoms with Crippen LogP contribution in [0.2, 0.25) is 0 Å². The van der Waals surface area contributed by atoms with E-state index in [9.17, 15) is 4.39 Å². The van der Waals surface area contributed by atoms with Crippen LogP contribution in [0.1, 0.15) is 18.3 Å². The number of benzene rings is 1. The molecule has 5 nitrogen and oxygen atoms in total. The van der Waals surface area contributed by atoms with E-state index in [1.807, 2.05) is 6.92 Å². The molecule has 0 atom stereocenters. The monoisotopic (exact) mass is 291 g/mol. The van der Waals surface area contributed by atoms with Gasteiger partial charge in [0.15, 0.2) is 5.82 Å². The van der Waals surface area contributed by atoms with E-state index in [0.717, 1.165) is 6.54 Å². The fraction of sp³-hybridized carbons (Fsp3) is 0.333. The number of ether oxygens (including phenoxy) is 2. The van der Waals surface area contributed by atoms with Crippen LogP contribution in [-0.4, -0.2) is 23.6 Å². The molecule has 0 aliphatic carbocycles. The van der Waals surface area contributed by atoms with Crippen LogP contribution >= 0.6 is 0 Å². The lowest BCUT2D eigenvalue weighted by Gasteiger charge is -2.10. The van der Waals surface area contributed by atoms with Crippen molar-refractivity contribution in [3.63, 3.8) is 0 Å². The highest BCUT2D eigenvalue weighted by atomic mass is 19.1.